The summed E-state index contributed by atoms with van der Waals surface area (Å²) < 4.78 is 44.9. The Labute approximate surface area is 209 Å². The Morgan fingerprint density at radius 2 is 1.95 bits per heavy atom. The van der Waals surface area contributed by atoms with Gasteiger partial charge in [-0.25, -0.2) is 4.79 Å². The van der Waals surface area contributed by atoms with E-state index >= 15 is 0 Å². The lowest BCUT2D eigenvalue weighted by Crippen LogP contribution is -2.52. The van der Waals surface area contributed by atoms with E-state index in [1.54, 1.807) is 18.2 Å². The SMILES string of the molecule is COCC1CN(C(=O)Nc2ccc3c(c2)CN(C2CCC(=O)NC2=O)C3=O)c2ccc(C(F)(F)F)cc21. The summed E-state index contributed by atoms with van der Waals surface area (Å²) >= 11 is 0. The first kappa shape index (κ1) is 24.8. The fraction of sp³-hybridized carbons (Fsp3) is 0.360. The zero-order valence-electron chi connectivity index (χ0n) is 19.7. The van der Waals surface area contributed by atoms with Crippen molar-refractivity contribution in [3.05, 3.63) is 58.7 Å². The van der Waals surface area contributed by atoms with E-state index in [4.69, 9.17) is 4.74 Å². The number of nitrogens with zero attached hydrogens (tertiary/aromatic N) is 2. The van der Waals surface area contributed by atoms with E-state index in [0.29, 0.717) is 28.1 Å². The van der Waals surface area contributed by atoms with Gasteiger partial charge in [-0.1, -0.05) is 0 Å². The number of anilines is 2. The van der Waals surface area contributed by atoms with Crippen molar-refractivity contribution in [3.8, 4) is 0 Å². The maximum Gasteiger partial charge on any atom is 0.416 e. The Bertz CT molecular complexity index is 1310. The molecule has 5 rings (SSSR count). The van der Waals surface area contributed by atoms with Crippen molar-refractivity contribution in [1.82, 2.24) is 10.2 Å². The Kier molecular flexibility index (Phi) is 6.14. The van der Waals surface area contributed by atoms with Crippen LogP contribution < -0.4 is 15.5 Å². The molecule has 2 aromatic rings. The fourth-order valence-electron chi connectivity index (χ4n) is 5.10. The van der Waals surface area contributed by atoms with Gasteiger partial charge in [0.05, 0.1) is 12.2 Å². The third kappa shape index (κ3) is 4.52. The maximum atomic E-state index is 13.2. The number of imide groups is 1. The van der Waals surface area contributed by atoms with Gasteiger partial charge in [0.25, 0.3) is 5.91 Å². The van der Waals surface area contributed by atoms with Gasteiger partial charge in [0, 0.05) is 49.5 Å². The number of rotatable bonds is 4. The Morgan fingerprint density at radius 3 is 2.65 bits per heavy atom. The standard InChI is InChI=1S/C25H23F3N4O5/c1-37-12-14-11-32(19-5-2-15(9-18(14)19)25(26,27)28)24(36)29-16-3-4-17-13(8-16)10-31(23(17)35)20-6-7-21(33)30-22(20)34/h2-5,8-9,14,20H,6-7,10-12H2,1H3,(H,29,36)(H,30,33,34). The zero-order chi connectivity index (χ0) is 26.5. The third-order valence-corrected chi connectivity index (χ3v) is 6.88. The van der Waals surface area contributed by atoms with Gasteiger partial charge in [-0.05, 0) is 53.9 Å². The normalized spacial score (nSPS) is 21.1. The molecule has 2 unspecified atom stereocenters. The Balaban J connectivity index is 1.34. The molecule has 37 heavy (non-hydrogen) atoms. The van der Waals surface area contributed by atoms with Crippen LogP contribution in [0.15, 0.2) is 36.4 Å². The lowest BCUT2D eigenvalue weighted by molar-refractivity contribution is -0.138. The van der Waals surface area contributed by atoms with Gasteiger partial charge in [-0.15, -0.1) is 0 Å². The number of hydrogen-bond acceptors (Lipinski definition) is 5. The van der Waals surface area contributed by atoms with Crippen LogP contribution in [0.1, 0.15) is 45.8 Å². The van der Waals surface area contributed by atoms with Crippen LogP contribution in [0.5, 0.6) is 0 Å². The second-order valence-electron chi connectivity index (χ2n) is 9.24. The lowest BCUT2D eigenvalue weighted by Gasteiger charge is -2.29. The highest BCUT2D eigenvalue weighted by atomic mass is 19.4. The van der Waals surface area contributed by atoms with Crippen LogP contribution in [-0.4, -0.2) is 55.0 Å². The third-order valence-electron chi connectivity index (χ3n) is 6.88. The summed E-state index contributed by atoms with van der Waals surface area (Å²) in [7, 11) is 1.44. The molecule has 9 nitrogen and oxygen atoms in total. The van der Waals surface area contributed by atoms with Crippen molar-refractivity contribution in [2.75, 3.05) is 30.5 Å². The maximum absolute atomic E-state index is 13.2. The average molecular weight is 516 g/mol. The minimum Gasteiger partial charge on any atom is -0.384 e. The molecule has 0 saturated carbocycles. The van der Waals surface area contributed by atoms with Crippen molar-refractivity contribution in [2.45, 2.75) is 37.5 Å². The van der Waals surface area contributed by atoms with Gasteiger partial charge in [0.2, 0.25) is 11.8 Å². The predicted octanol–water partition coefficient (Wildman–Crippen LogP) is 3.25. The van der Waals surface area contributed by atoms with Gasteiger partial charge in [-0.2, -0.15) is 13.2 Å². The molecule has 1 fully saturated rings. The average Bonchev–Trinajstić information content (AvgIpc) is 3.36. The van der Waals surface area contributed by atoms with E-state index < -0.39 is 35.6 Å². The molecular formula is C25H23F3N4O5. The number of alkyl halides is 3. The van der Waals surface area contributed by atoms with Crippen LogP contribution in [0.25, 0.3) is 0 Å². The van der Waals surface area contributed by atoms with Crippen LogP contribution in [0, 0.1) is 0 Å². The lowest BCUT2D eigenvalue weighted by atomic mass is 10.00. The van der Waals surface area contributed by atoms with Gasteiger partial charge >= 0.3 is 12.2 Å². The largest absolute Gasteiger partial charge is 0.416 e. The topological polar surface area (TPSA) is 108 Å². The van der Waals surface area contributed by atoms with E-state index in [9.17, 15) is 32.3 Å². The quantitative estimate of drug-likeness (QED) is 0.607. The number of urea groups is 1. The first-order valence-electron chi connectivity index (χ1n) is 11.6. The second kappa shape index (κ2) is 9.18. The van der Waals surface area contributed by atoms with E-state index in [2.05, 4.69) is 10.6 Å². The smallest absolute Gasteiger partial charge is 0.384 e. The molecule has 3 aliphatic rings. The molecule has 3 heterocycles. The number of methoxy groups -OCH3 is 1. The van der Waals surface area contributed by atoms with Crippen LogP contribution in [0.2, 0.25) is 0 Å². The first-order chi connectivity index (χ1) is 17.6. The molecule has 5 amide bonds. The Morgan fingerprint density at radius 1 is 1.16 bits per heavy atom. The van der Waals surface area contributed by atoms with Crippen molar-refractivity contribution in [3.63, 3.8) is 0 Å². The fourth-order valence-corrected chi connectivity index (χ4v) is 5.10. The summed E-state index contributed by atoms with van der Waals surface area (Å²) in [6.45, 7) is 0.436. The number of piperidine rings is 1. The molecule has 194 valence electrons. The molecule has 2 aromatic carbocycles. The van der Waals surface area contributed by atoms with Gasteiger partial charge < -0.3 is 15.0 Å². The molecule has 2 N–H and O–H groups in total. The molecule has 0 bridgehead atoms. The minimum absolute atomic E-state index is 0.142. The van der Waals surface area contributed by atoms with Crippen molar-refractivity contribution in [2.24, 2.45) is 0 Å². The number of fused-ring (bicyclic) bond motifs is 2. The second-order valence-corrected chi connectivity index (χ2v) is 9.24. The van der Waals surface area contributed by atoms with Crippen LogP contribution in [-0.2, 0) is 27.0 Å². The highest BCUT2D eigenvalue weighted by molar-refractivity contribution is 6.06. The van der Waals surface area contributed by atoms with Gasteiger partial charge in [0.15, 0.2) is 0 Å². The van der Waals surface area contributed by atoms with E-state index in [1.807, 2.05) is 0 Å². The molecular weight excluding hydrogens is 493 g/mol. The number of carbonyl (C=O) groups is 4. The molecule has 12 heteroatoms. The summed E-state index contributed by atoms with van der Waals surface area (Å²) in [5.41, 5.74) is 1.36. The van der Waals surface area contributed by atoms with Crippen LogP contribution in [0.4, 0.5) is 29.3 Å². The van der Waals surface area contributed by atoms with E-state index in [-0.39, 0.29) is 44.4 Å². The number of halogens is 3. The molecule has 0 aromatic heterocycles. The monoisotopic (exact) mass is 516 g/mol. The first-order valence-corrected chi connectivity index (χ1v) is 11.6. The van der Waals surface area contributed by atoms with Crippen molar-refractivity contribution < 1.29 is 37.1 Å². The number of amides is 5. The highest BCUT2D eigenvalue weighted by Gasteiger charge is 2.40. The minimum atomic E-state index is -4.51. The summed E-state index contributed by atoms with van der Waals surface area (Å²) in [6, 6.07) is 6.73. The summed E-state index contributed by atoms with van der Waals surface area (Å²) in [4.78, 5) is 52.5. The van der Waals surface area contributed by atoms with Crippen molar-refractivity contribution >= 4 is 35.1 Å². The zero-order valence-corrected chi connectivity index (χ0v) is 19.7. The van der Waals surface area contributed by atoms with Crippen LogP contribution in [0.3, 0.4) is 0 Å². The van der Waals surface area contributed by atoms with E-state index in [1.165, 1.54) is 23.0 Å². The molecule has 3 aliphatic heterocycles. The molecule has 2 atom stereocenters. The number of hydrogen-bond donors (Lipinski definition) is 2. The molecule has 1 saturated heterocycles. The summed E-state index contributed by atoms with van der Waals surface area (Å²) in [6.07, 6.45) is -4.13. The van der Waals surface area contributed by atoms with Crippen LogP contribution >= 0.6 is 0 Å². The molecule has 0 radical (unpaired) electrons. The summed E-state index contributed by atoms with van der Waals surface area (Å²) in [5.74, 6) is -1.65. The number of benzene rings is 2. The molecule has 0 spiro atoms. The van der Waals surface area contributed by atoms with E-state index in [0.717, 1.165) is 12.1 Å². The highest BCUT2D eigenvalue weighted by Crippen LogP contribution is 2.41. The Hall–Kier alpha value is -3.93. The molecule has 0 aliphatic carbocycles. The van der Waals surface area contributed by atoms with Gasteiger partial charge in [-0.3, -0.25) is 24.6 Å². The van der Waals surface area contributed by atoms with Crippen molar-refractivity contribution in [1.29, 1.82) is 0 Å². The van der Waals surface area contributed by atoms with Gasteiger partial charge in [0.1, 0.15) is 6.04 Å². The summed E-state index contributed by atoms with van der Waals surface area (Å²) in [5, 5.41) is 5.01. The predicted molar refractivity (Wildman–Crippen MR) is 125 cm³/mol. The number of nitrogens with one attached hydrogen (secondary N) is 2. The number of ether oxygens (including phenoxy) is 1. The number of carbonyl (C=O) groups excluding carboxylic acids is 4.